The van der Waals surface area contributed by atoms with E-state index in [0.29, 0.717) is 0 Å². The zero-order chi connectivity index (χ0) is 21.9. The largest absolute Gasteiger partial charge is 0.369 e. The van der Waals surface area contributed by atoms with E-state index in [1.165, 1.54) is 11.1 Å². The topological polar surface area (TPSA) is 42.7 Å². The van der Waals surface area contributed by atoms with Crippen LogP contribution in [0.25, 0.3) is 27.8 Å². The molecule has 0 bridgehead atoms. The molecule has 0 aliphatic rings. The third kappa shape index (κ3) is 4.10. The van der Waals surface area contributed by atoms with E-state index in [9.17, 15) is 0 Å². The van der Waals surface area contributed by atoms with Crippen LogP contribution < -0.4 is 5.32 Å². The zero-order valence-electron chi connectivity index (χ0n) is 17.8. The predicted molar refractivity (Wildman–Crippen MR) is 133 cm³/mol. The normalized spacial score (nSPS) is 11.1. The van der Waals surface area contributed by atoms with Gasteiger partial charge >= 0.3 is 0 Å². The molecule has 0 unspecified atom stereocenters. The van der Waals surface area contributed by atoms with Crippen molar-refractivity contribution in [2.45, 2.75) is 13.3 Å². The van der Waals surface area contributed by atoms with Crippen molar-refractivity contribution in [1.29, 1.82) is 0 Å². The lowest BCUT2D eigenvalue weighted by molar-refractivity contribution is 1.00. The second kappa shape index (κ2) is 8.85. The average Bonchev–Trinajstić information content (AvgIpc) is 3.22. The highest BCUT2D eigenvalue weighted by Gasteiger charge is 2.17. The number of hydrogen-bond donors (Lipinski definition) is 1. The van der Waals surface area contributed by atoms with Crippen molar-refractivity contribution in [3.8, 4) is 16.8 Å². The highest BCUT2D eigenvalue weighted by molar-refractivity contribution is 6.30. The number of benzene rings is 3. The molecule has 0 saturated heterocycles. The molecule has 4 nitrogen and oxygen atoms in total. The number of rotatable bonds is 6. The lowest BCUT2D eigenvalue weighted by atomic mass is 10.1. The molecule has 5 aromatic rings. The van der Waals surface area contributed by atoms with E-state index in [-0.39, 0.29) is 0 Å². The lowest BCUT2D eigenvalue weighted by Crippen LogP contribution is -2.07. The van der Waals surface area contributed by atoms with Gasteiger partial charge in [-0.25, -0.2) is 9.97 Å². The van der Waals surface area contributed by atoms with Gasteiger partial charge in [-0.05, 0) is 48.7 Å². The molecule has 2 aromatic heterocycles. The first-order valence-corrected chi connectivity index (χ1v) is 11.0. The van der Waals surface area contributed by atoms with Crippen molar-refractivity contribution in [3.63, 3.8) is 0 Å². The highest BCUT2D eigenvalue weighted by Crippen LogP contribution is 2.35. The van der Waals surface area contributed by atoms with E-state index in [1.807, 2.05) is 18.2 Å². The number of fused-ring (bicyclic) bond motifs is 1. The molecule has 32 heavy (non-hydrogen) atoms. The molecule has 2 heterocycles. The molecule has 158 valence electrons. The maximum atomic E-state index is 6.01. The van der Waals surface area contributed by atoms with Gasteiger partial charge in [-0.3, -0.25) is 0 Å². The fraction of sp³-hybridized carbons (Fsp3) is 0.111. The van der Waals surface area contributed by atoms with Gasteiger partial charge in [0.15, 0.2) is 5.65 Å². The van der Waals surface area contributed by atoms with Gasteiger partial charge in [0.2, 0.25) is 0 Å². The van der Waals surface area contributed by atoms with Crippen LogP contribution in [0.3, 0.4) is 0 Å². The molecule has 3 aromatic carbocycles. The minimum Gasteiger partial charge on any atom is -0.369 e. The van der Waals surface area contributed by atoms with E-state index in [4.69, 9.17) is 11.6 Å². The molecule has 5 heteroatoms. The average molecular weight is 439 g/mol. The first kappa shape index (κ1) is 20.3. The molecule has 1 N–H and O–H groups in total. The first-order chi connectivity index (χ1) is 15.7. The minimum atomic E-state index is 0.754. The molecule has 0 spiro atoms. The highest BCUT2D eigenvalue weighted by atomic mass is 35.5. The predicted octanol–water partition coefficient (Wildman–Crippen LogP) is 6.70. The van der Waals surface area contributed by atoms with Crippen LogP contribution in [-0.2, 0) is 6.42 Å². The number of aromatic nitrogens is 3. The van der Waals surface area contributed by atoms with Crippen LogP contribution in [0, 0.1) is 6.92 Å². The fourth-order valence-corrected chi connectivity index (χ4v) is 4.04. The molecule has 0 aliphatic carbocycles. The van der Waals surface area contributed by atoms with Crippen molar-refractivity contribution in [2.75, 3.05) is 11.9 Å². The molecule has 0 atom stereocenters. The van der Waals surface area contributed by atoms with Gasteiger partial charge in [0, 0.05) is 29.0 Å². The summed E-state index contributed by atoms with van der Waals surface area (Å²) >= 11 is 6.01. The van der Waals surface area contributed by atoms with Crippen LogP contribution in [0.15, 0.2) is 91.4 Å². The van der Waals surface area contributed by atoms with Crippen LogP contribution in [0.1, 0.15) is 11.1 Å². The fourth-order valence-electron chi connectivity index (χ4n) is 3.91. The van der Waals surface area contributed by atoms with Gasteiger partial charge in [0.05, 0.1) is 5.39 Å². The summed E-state index contributed by atoms with van der Waals surface area (Å²) in [7, 11) is 0. The Morgan fingerprint density at radius 3 is 2.38 bits per heavy atom. The number of anilines is 1. The number of nitrogens with one attached hydrogen (secondary N) is 1. The van der Waals surface area contributed by atoms with Crippen LogP contribution in [-0.4, -0.2) is 21.1 Å². The van der Waals surface area contributed by atoms with Crippen LogP contribution >= 0.6 is 11.6 Å². The van der Waals surface area contributed by atoms with Crippen LogP contribution in [0.5, 0.6) is 0 Å². The van der Waals surface area contributed by atoms with Gasteiger partial charge in [-0.1, -0.05) is 71.8 Å². The summed E-state index contributed by atoms with van der Waals surface area (Å²) in [6, 6.07) is 26.9. The molecule has 0 aliphatic heterocycles. The first-order valence-electron chi connectivity index (χ1n) is 10.7. The number of aryl methyl sites for hydroxylation is 1. The van der Waals surface area contributed by atoms with Crippen molar-refractivity contribution < 1.29 is 0 Å². The van der Waals surface area contributed by atoms with Crippen molar-refractivity contribution in [2.24, 2.45) is 0 Å². The van der Waals surface area contributed by atoms with Gasteiger partial charge in [-0.2, -0.15) is 0 Å². The summed E-state index contributed by atoms with van der Waals surface area (Å²) in [5, 5.41) is 5.31. The second-order valence-electron chi connectivity index (χ2n) is 7.84. The second-order valence-corrected chi connectivity index (χ2v) is 8.27. The number of nitrogens with zero attached hydrogens (tertiary/aromatic N) is 3. The quantitative estimate of drug-likeness (QED) is 0.320. The number of hydrogen-bond acceptors (Lipinski definition) is 3. The Balaban J connectivity index is 1.56. The molecular formula is C27H23ClN4. The monoisotopic (exact) mass is 438 g/mol. The van der Waals surface area contributed by atoms with E-state index >= 15 is 0 Å². The van der Waals surface area contributed by atoms with Gasteiger partial charge < -0.3 is 9.88 Å². The van der Waals surface area contributed by atoms with E-state index in [0.717, 1.165) is 51.7 Å². The standard InChI is InChI=1S/C27H23ClN4/c1-19-7-13-23(14-8-19)32-17-24(21-5-3-2-4-6-21)25-26(30-18-31-27(25)32)29-16-15-20-9-11-22(28)12-10-20/h2-14,17-18H,15-16H2,1H3,(H,29,30,31). The molecule has 0 saturated carbocycles. The zero-order valence-corrected chi connectivity index (χ0v) is 18.6. The Labute approximate surface area is 192 Å². The molecule has 0 fully saturated rings. The summed E-state index contributed by atoms with van der Waals surface area (Å²) in [6.45, 7) is 2.86. The molecular weight excluding hydrogens is 416 g/mol. The Kier molecular flexibility index (Phi) is 5.61. The Morgan fingerprint density at radius 2 is 1.62 bits per heavy atom. The third-order valence-electron chi connectivity index (χ3n) is 5.60. The Bertz CT molecular complexity index is 1340. The molecule has 5 rings (SSSR count). The van der Waals surface area contributed by atoms with Crippen molar-refractivity contribution in [1.82, 2.24) is 14.5 Å². The summed E-state index contributed by atoms with van der Waals surface area (Å²) < 4.78 is 2.14. The van der Waals surface area contributed by atoms with E-state index < -0.39 is 0 Å². The maximum Gasteiger partial charge on any atom is 0.150 e. The molecule has 0 radical (unpaired) electrons. The van der Waals surface area contributed by atoms with Gasteiger partial charge in [0.25, 0.3) is 0 Å². The van der Waals surface area contributed by atoms with Crippen molar-refractivity contribution in [3.05, 3.63) is 108 Å². The lowest BCUT2D eigenvalue weighted by Gasteiger charge is -2.09. The summed E-state index contributed by atoms with van der Waals surface area (Å²) in [6.07, 6.45) is 4.66. The van der Waals surface area contributed by atoms with Crippen molar-refractivity contribution >= 4 is 28.5 Å². The van der Waals surface area contributed by atoms with E-state index in [2.05, 4.69) is 93.6 Å². The smallest absolute Gasteiger partial charge is 0.150 e. The minimum absolute atomic E-state index is 0.754. The summed E-state index contributed by atoms with van der Waals surface area (Å²) in [5.74, 6) is 0.841. The van der Waals surface area contributed by atoms with Gasteiger partial charge in [-0.15, -0.1) is 0 Å². The summed E-state index contributed by atoms with van der Waals surface area (Å²) in [4.78, 5) is 9.26. The maximum absolute atomic E-state index is 6.01. The van der Waals surface area contributed by atoms with Gasteiger partial charge in [0.1, 0.15) is 12.1 Å². The number of halogens is 1. The third-order valence-corrected chi connectivity index (χ3v) is 5.85. The van der Waals surface area contributed by atoms with Crippen LogP contribution in [0.4, 0.5) is 5.82 Å². The SMILES string of the molecule is Cc1ccc(-n2cc(-c3ccccc3)c3c(NCCc4ccc(Cl)cc4)ncnc32)cc1. The van der Waals surface area contributed by atoms with Crippen LogP contribution in [0.2, 0.25) is 5.02 Å². The van der Waals surface area contributed by atoms with E-state index in [1.54, 1.807) is 6.33 Å². The Hall–Kier alpha value is -3.63. The molecule has 0 amide bonds. The summed E-state index contributed by atoms with van der Waals surface area (Å²) in [5.41, 5.74) is 6.67. The Morgan fingerprint density at radius 1 is 0.875 bits per heavy atom.